The molecular weight excluding hydrogens is 272 g/mol. The van der Waals surface area contributed by atoms with Crippen LogP contribution in [0.3, 0.4) is 0 Å². The van der Waals surface area contributed by atoms with E-state index in [1.54, 1.807) is 7.11 Å². The summed E-state index contributed by atoms with van der Waals surface area (Å²) in [6.07, 6.45) is 1.02. The summed E-state index contributed by atoms with van der Waals surface area (Å²) in [5.41, 5.74) is 0.937. The van der Waals surface area contributed by atoms with Crippen LogP contribution in [0.1, 0.15) is 24.4 Å². The van der Waals surface area contributed by atoms with Crippen molar-refractivity contribution in [2.45, 2.75) is 24.9 Å². The maximum absolute atomic E-state index is 11.7. The molecule has 0 aliphatic carbocycles. The van der Waals surface area contributed by atoms with Crippen molar-refractivity contribution in [1.82, 2.24) is 10.6 Å². The zero-order valence-electron chi connectivity index (χ0n) is 12.2. The average Bonchev–Trinajstić information content (AvgIpc) is 2.49. The lowest BCUT2D eigenvalue weighted by Gasteiger charge is -2.33. The van der Waals surface area contributed by atoms with E-state index in [1.165, 1.54) is 7.11 Å². The molecule has 1 aromatic carbocycles. The number of benzene rings is 1. The topological polar surface area (TPSA) is 76.7 Å². The zero-order valence-corrected chi connectivity index (χ0v) is 12.2. The van der Waals surface area contributed by atoms with E-state index in [2.05, 4.69) is 10.6 Å². The summed E-state index contributed by atoms with van der Waals surface area (Å²) < 4.78 is 9.95. The fourth-order valence-corrected chi connectivity index (χ4v) is 2.46. The van der Waals surface area contributed by atoms with Gasteiger partial charge in [0.25, 0.3) is 0 Å². The van der Waals surface area contributed by atoms with Gasteiger partial charge in [-0.05, 0) is 24.1 Å². The Morgan fingerprint density at radius 1 is 1.33 bits per heavy atom. The van der Waals surface area contributed by atoms with Crippen molar-refractivity contribution in [2.24, 2.45) is 0 Å². The number of amides is 2. The second-order valence-electron chi connectivity index (χ2n) is 4.96. The predicted molar refractivity (Wildman–Crippen MR) is 76.9 cm³/mol. The molecule has 0 radical (unpaired) electrons. The Bertz CT molecular complexity index is 501. The third-order valence-electron chi connectivity index (χ3n) is 3.50. The van der Waals surface area contributed by atoms with Gasteiger partial charge in [-0.2, -0.15) is 0 Å². The Hall–Kier alpha value is -2.08. The van der Waals surface area contributed by atoms with E-state index >= 15 is 0 Å². The molecule has 2 amide bonds. The normalized spacial score (nSPS) is 21.5. The minimum atomic E-state index is -0.238. The van der Waals surface area contributed by atoms with Crippen LogP contribution in [0.4, 0.5) is 0 Å². The highest BCUT2D eigenvalue weighted by molar-refractivity contribution is 5.80. The van der Waals surface area contributed by atoms with E-state index < -0.39 is 0 Å². The van der Waals surface area contributed by atoms with Gasteiger partial charge < -0.3 is 20.1 Å². The van der Waals surface area contributed by atoms with Crippen molar-refractivity contribution in [1.29, 1.82) is 0 Å². The van der Waals surface area contributed by atoms with Gasteiger partial charge in [0.05, 0.1) is 19.2 Å². The Labute approximate surface area is 123 Å². The molecular formula is C15H20N2O4. The molecule has 0 aromatic heterocycles. The molecule has 1 aliphatic heterocycles. The van der Waals surface area contributed by atoms with Crippen LogP contribution in [0, 0.1) is 0 Å². The van der Waals surface area contributed by atoms with E-state index in [0.717, 1.165) is 11.3 Å². The monoisotopic (exact) mass is 292 g/mol. The van der Waals surface area contributed by atoms with Crippen LogP contribution in [0.2, 0.25) is 0 Å². The summed E-state index contributed by atoms with van der Waals surface area (Å²) >= 11 is 0. The summed E-state index contributed by atoms with van der Waals surface area (Å²) in [6.45, 7) is 0.0137. The maximum Gasteiger partial charge on any atom is 0.246 e. The van der Waals surface area contributed by atoms with Gasteiger partial charge in [-0.15, -0.1) is 0 Å². The molecule has 0 bridgehead atoms. The van der Waals surface area contributed by atoms with E-state index in [0.29, 0.717) is 12.8 Å². The predicted octanol–water partition coefficient (Wildman–Crippen LogP) is 0.778. The number of hydrogen-bond donors (Lipinski definition) is 2. The van der Waals surface area contributed by atoms with Gasteiger partial charge >= 0.3 is 0 Å². The number of piperidine rings is 1. The highest BCUT2D eigenvalue weighted by atomic mass is 16.5. The van der Waals surface area contributed by atoms with Gasteiger partial charge in [-0.25, -0.2) is 0 Å². The van der Waals surface area contributed by atoms with Gasteiger partial charge in [0.1, 0.15) is 12.4 Å². The fraction of sp³-hybridized carbons (Fsp3) is 0.467. The van der Waals surface area contributed by atoms with E-state index in [-0.39, 0.29) is 30.5 Å². The first-order chi connectivity index (χ1) is 10.1. The van der Waals surface area contributed by atoms with Crippen LogP contribution in [0.25, 0.3) is 0 Å². The third kappa shape index (κ3) is 3.95. The third-order valence-corrected chi connectivity index (χ3v) is 3.50. The van der Waals surface area contributed by atoms with Crippen LogP contribution < -0.4 is 15.4 Å². The van der Waals surface area contributed by atoms with Crippen LogP contribution in [-0.4, -0.2) is 38.7 Å². The van der Waals surface area contributed by atoms with E-state index in [4.69, 9.17) is 9.47 Å². The lowest BCUT2D eigenvalue weighted by atomic mass is 9.92. The molecule has 1 aromatic rings. The second kappa shape index (κ2) is 7.08. The molecule has 1 saturated heterocycles. The largest absolute Gasteiger partial charge is 0.497 e. The second-order valence-corrected chi connectivity index (χ2v) is 4.96. The number of rotatable bonds is 5. The quantitative estimate of drug-likeness (QED) is 0.841. The molecule has 2 N–H and O–H groups in total. The van der Waals surface area contributed by atoms with Crippen LogP contribution >= 0.6 is 0 Å². The van der Waals surface area contributed by atoms with E-state index in [9.17, 15) is 9.59 Å². The molecule has 2 atom stereocenters. The van der Waals surface area contributed by atoms with Gasteiger partial charge in [-0.3, -0.25) is 9.59 Å². The standard InChI is InChI=1S/C15H20N2O4/c1-20-9-14(19)16-12-7-8-13(18)17-15(12)10-3-5-11(21-2)6-4-10/h3-6,12,15H,7-9H2,1-2H3,(H,16,19)(H,17,18). The lowest BCUT2D eigenvalue weighted by Crippen LogP contribution is -2.50. The van der Waals surface area contributed by atoms with Crippen LogP contribution in [-0.2, 0) is 14.3 Å². The molecule has 2 unspecified atom stereocenters. The Kier molecular flexibility index (Phi) is 5.16. The molecule has 1 aliphatic rings. The maximum atomic E-state index is 11.7. The first kappa shape index (κ1) is 15.3. The lowest BCUT2D eigenvalue weighted by molar-refractivity contribution is -0.129. The number of nitrogens with one attached hydrogen (secondary N) is 2. The number of methoxy groups -OCH3 is 2. The number of hydrogen-bond acceptors (Lipinski definition) is 4. The number of carbonyl (C=O) groups is 2. The molecule has 21 heavy (non-hydrogen) atoms. The Balaban J connectivity index is 2.13. The summed E-state index contributed by atoms with van der Waals surface area (Å²) in [5.74, 6) is 0.561. The summed E-state index contributed by atoms with van der Waals surface area (Å²) in [6, 6.07) is 7.08. The van der Waals surface area contributed by atoms with Crippen molar-refractivity contribution in [3.05, 3.63) is 29.8 Å². The average molecular weight is 292 g/mol. The van der Waals surface area contributed by atoms with Crippen molar-refractivity contribution in [3.63, 3.8) is 0 Å². The SMILES string of the molecule is COCC(=O)NC1CCC(=O)NC1c1ccc(OC)cc1. The minimum absolute atomic E-state index is 0.00643. The van der Waals surface area contributed by atoms with Crippen molar-refractivity contribution in [2.75, 3.05) is 20.8 Å². The molecule has 1 fully saturated rings. The summed E-state index contributed by atoms with van der Waals surface area (Å²) in [5, 5.41) is 5.84. The van der Waals surface area contributed by atoms with Gasteiger partial charge in [0.15, 0.2) is 0 Å². The molecule has 1 heterocycles. The van der Waals surface area contributed by atoms with Gasteiger partial charge in [0.2, 0.25) is 11.8 Å². The summed E-state index contributed by atoms with van der Waals surface area (Å²) in [4.78, 5) is 23.4. The van der Waals surface area contributed by atoms with Gasteiger partial charge in [-0.1, -0.05) is 12.1 Å². The molecule has 0 spiro atoms. The minimum Gasteiger partial charge on any atom is -0.497 e. The first-order valence-electron chi connectivity index (χ1n) is 6.85. The fourth-order valence-electron chi connectivity index (χ4n) is 2.46. The first-order valence-corrected chi connectivity index (χ1v) is 6.85. The highest BCUT2D eigenvalue weighted by Gasteiger charge is 2.30. The molecule has 2 rings (SSSR count). The summed E-state index contributed by atoms with van der Waals surface area (Å²) in [7, 11) is 3.08. The van der Waals surface area contributed by atoms with Crippen molar-refractivity contribution >= 4 is 11.8 Å². The van der Waals surface area contributed by atoms with Crippen molar-refractivity contribution < 1.29 is 19.1 Å². The molecule has 114 valence electrons. The molecule has 6 nitrogen and oxygen atoms in total. The molecule has 6 heteroatoms. The smallest absolute Gasteiger partial charge is 0.246 e. The molecule has 0 saturated carbocycles. The zero-order chi connectivity index (χ0) is 15.2. The Morgan fingerprint density at radius 3 is 2.67 bits per heavy atom. The number of carbonyl (C=O) groups excluding carboxylic acids is 2. The van der Waals surface area contributed by atoms with E-state index in [1.807, 2.05) is 24.3 Å². The highest BCUT2D eigenvalue weighted by Crippen LogP contribution is 2.25. The van der Waals surface area contributed by atoms with Crippen LogP contribution in [0.5, 0.6) is 5.75 Å². The van der Waals surface area contributed by atoms with Gasteiger partial charge in [0, 0.05) is 13.5 Å². The number of ether oxygens (including phenoxy) is 2. The van der Waals surface area contributed by atoms with Crippen molar-refractivity contribution in [3.8, 4) is 5.75 Å². The Morgan fingerprint density at radius 2 is 2.05 bits per heavy atom. The van der Waals surface area contributed by atoms with Crippen LogP contribution in [0.15, 0.2) is 24.3 Å².